The Hall–Kier alpha value is -3.19. The van der Waals surface area contributed by atoms with Gasteiger partial charge >= 0.3 is 0 Å². The van der Waals surface area contributed by atoms with Crippen LogP contribution in [0.3, 0.4) is 0 Å². The van der Waals surface area contributed by atoms with E-state index < -0.39 is 0 Å². The highest BCUT2D eigenvalue weighted by atomic mass is 79.9. The predicted octanol–water partition coefficient (Wildman–Crippen LogP) is 4.75. The topological polar surface area (TPSA) is 80.3 Å². The van der Waals surface area contributed by atoms with Crippen LogP contribution in [-0.2, 0) is 0 Å². The van der Waals surface area contributed by atoms with Gasteiger partial charge in [-0.15, -0.1) is 0 Å². The lowest BCUT2D eigenvalue weighted by atomic mass is 10.1. The molecule has 6 nitrogen and oxygen atoms in total. The number of carbonyl (C=O) groups excluding carboxylic acids is 2. The maximum Gasteiger partial charge on any atom is 0.257 e. The number of nitrogens with zero attached hydrogens (tertiary/aromatic N) is 1. The van der Waals surface area contributed by atoms with Crippen LogP contribution in [0.5, 0.6) is 5.75 Å². The summed E-state index contributed by atoms with van der Waals surface area (Å²) in [6, 6.07) is 15.5. The lowest BCUT2D eigenvalue weighted by molar-refractivity contribution is 0.101. The summed E-state index contributed by atoms with van der Waals surface area (Å²) in [5.41, 5.74) is 2.18. The van der Waals surface area contributed by atoms with Crippen LogP contribution in [0.2, 0.25) is 0 Å². The first kappa shape index (κ1) is 19.6. The van der Waals surface area contributed by atoms with Gasteiger partial charge in [-0.05, 0) is 77.5 Å². The SMILES string of the molecule is CCOc1ccc(NC(=O)c2ccc(NC(=O)c3cncc(Br)c3)cc2)cc1. The Morgan fingerprint density at radius 1 is 0.893 bits per heavy atom. The quantitative estimate of drug-likeness (QED) is 0.580. The molecule has 142 valence electrons. The molecule has 2 amide bonds. The molecule has 1 aromatic heterocycles. The average Bonchev–Trinajstić information content (AvgIpc) is 2.70. The first-order chi connectivity index (χ1) is 13.5. The zero-order chi connectivity index (χ0) is 19.9. The van der Waals surface area contributed by atoms with Gasteiger partial charge in [0.25, 0.3) is 11.8 Å². The van der Waals surface area contributed by atoms with Crippen molar-refractivity contribution in [1.82, 2.24) is 4.98 Å². The summed E-state index contributed by atoms with van der Waals surface area (Å²) in [6.07, 6.45) is 3.09. The number of pyridine rings is 1. The van der Waals surface area contributed by atoms with E-state index in [1.165, 1.54) is 6.20 Å². The fourth-order valence-electron chi connectivity index (χ4n) is 2.45. The van der Waals surface area contributed by atoms with Gasteiger partial charge in [-0.2, -0.15) is 0 Å². The minimum Gasteiger partial charge on any atom is -0.494 e. The van der Waals surface area contributed by atoms with Gasteiger partial charge in [0.05, 0.1) is 12.2 Å². The van der Waals surface area contributed by atoms with Crippen molar-refractivity contribution in [3.63, 3.8) is 0 Å². The molecule has 0 bridgehead atoms. The number of amides is 2. The lowest BCUT2D eigenvalue weighted by Gasteiger charge is -2.09. The van der Waals surface area contributed by atoms with E-state index in [-0.39, 0.29) is 11.8 Å². The van der Waals surface area contributed by atoms with Crippen molar-refractivity contribution >= 4 is 39.1 Å². The van der Waals surface area contributed by atoms with E-state index in [1.54, 1.807) is 60.8 Å². The molecule has 7 heteroatoms. The minimum atomic E-state index is -0.277. The number of nitrogens with one attached hydrogen (secondary N) is 2. The molecular formula is C21H18BrN3O3. The molecule has 0 unspecified atom stereocenters. The van der Waals surface area contributed by atoms with Crippen LogP contribution in [0.1, 0.15) is 27.6 Å². The Morgan fingerprint density at radius 2 is 1.46 bits per heavy atom. The van der Waals surface area contributed by atoms with Crippen molar-refractivity contribution in [2.24, 2.45) is 0 Å². The molecule has 1 heterocycles. The summed E-state index contributed by atoms with van der Waals surface area (Å²) in [4.78, 5) is 28.6. The van der Waals surface area contributed by atoms with Gasteiger partial charge in [-0.3, -0.25) is 14.6 Å². The molecule has 0 fully saturated rings. The third-order valence-corrected chi connectivity index (χ3v) is 4.23. The Kier molecular flexibility index (Phi) is 6.39. The highest BCUT2D eigenvalue weighted by Crippen LogP contribution is 2.18. The number of ether oxygens (including phenoxy) is 1. The summed E-state index contributed by atoms with van der Waals surface area (Å²) >= 11 is 3.29. The van der Waals surface area contributed by atoms with Crippen LogP contribution >= 0.6 is 15.9 Å². The van der Waals surface area contributed by atoms with Crippen LogP contribution in [0.15, 0.2) is 71.5 Å². The van der Waals surface area contributed by atoms with Crippen LogP contribution in [0.4, 0.5) is 11.4 Å². The minimum absolute atomic E-state index is 0.238. The molecule has 0 radical (unpaired) electrons. The zero-order valence-corrected chi connectivity index (χ0v) is 16.7. The number of halogens is 1. The molecule has 0 saturated heterocycles. The summed E-state index contributed by atoms with van der Waals surface area (Å²) in [6.45, 7) is 2.50. The highest BCUT2D eigenvalue weighted by Gasteiger charge is 2.09. The molecule has 0 aliphatic carbocycles. The Balaban J connectivity index is 1.61. The maximum absolute atomic E-state index is 12.4. The Labute approximate surface area is 171 Å². The monoisotopic (exact) mass is 439 g/mol. The van der Waals surface area contributed by atoms with Gasteiger partial charge in [0.15, 0.2) is 0 Å². The number of rotatable bonds is 6. The molecule has 2 N–H and O–H groups in total. The highest BCUT2D eigenvalue weighted by molar-refractivity contribution is 9.10. The summed E-state index contributed by atoms with van der Waals surface area (Å²) in [7, 11) is 0. The maximum atomic E-state index is 12.4. The summed E-state index contributed by atoms with van der Waals surface area (Å²) in [5, 5.41) is 5.60. The predicted molar refractivity (Wildman–Crippen MR) is 112 cm³/mol. The summed E-state index contributed by atoms with van der Waals surface area (Å²) < 4.78 is 6.10. The van der Waals surface area contributed by atoms with Crippen molar-refractivity contribution in [3.05, 3.63) is 82.6 Å². The first-order valence-electron chi connectivity index (χ1n) is 8.61. The second kappa shape index (κ2) is 9.14. The fourth-order valence-corrected chi connectivity index (χ4v) is 2.81. The van der Waals surface area contributed by atoms with E-state index in [0.717, 1.165) is 10.2 Å². The first-order valence-corrected chi connectivity index (χ1v) is 9.40. The number of hydrogen-bond acceptors (Lipinski definition) is 4. The largest absolute Gasteiger partial charge is 0.494 e. The molecule has 0 saturated carbocycles. The molecule has 0 atom stereocenters. The van der Waals surface area contributed by atoms with Gasteiger partial charge in [0, 0.05) is 33.8 Å². The second-order valence-electron chi connectivity index (χ2n) is 5.83. The van der Waals surface area contributed by atoms with Crippen LogP contribution in [0, 0.1) is 0 Å². The van der Waals surface area contributed by atoms with E-state index in [2.05, 4.69) is 31.5 Å². The molecule has 3 aromatic rings. The van der Waals surface area contributed by atoms with Crippen molar-refractivity contribution in [2.75, 3.05) is 17.2 Å². The second-order valence-corrected chi connectivity index (χ2v) is 6.75. The van der Waals surface area contributed by atoms with E-state index in [0.29, 0.717) is 29.1 Å². The number of carbonyl (C=O) groups is 2. The van der Waals surface area contributed by atoms with E-state index in [9.17, 15) is 9.59 Å². The van der Waals surface area contributed by atoms with E-state index >= 15 is 0 Å². The molecule has 28 heavy (non-hydrogen) atoms. The van der Waals surface area contributed by atoms with Crippen molar-refractivity contribution < 1.29 is 14.3 Å². The van der Waals surface area contributed by atoms with Crippen LogP contribution < -0.4 is 15.4 Å². The van der Waals surface area contributed by atoms with Gasteiger partial charge in [-0.1, -0.05) is 0 Å². The Bertz CT molecular complexity index is 973. The van der Waals surface area contributed by atoms with Gasteiger partial charge < -0.3 is 15.4 Å². The van der Waals surface area contributed by atoms with Crippen molar-refractivity contribution in [1.29, 1.82) is 0 Å². The molecule has 0 aliphatic heterocycles. The van der Waals surface area contributed by atoms with Crippen LogP contribution in [-0.4, -0.2) is 23.4 Å². The Morgan fingerprint density at radius 3 is 2.04 bits per heavy atom. The molecule has 3 rings (SSSR count). The molecule has 0 aliphatic rings. The van der Waals surface area contributed by atoms with E-state index in [1.807, 2.05) is 6.92 Å². The van der Waals surface area contributed by atoms with Crippen molar-refractivity contribution in [2.45, 2.75) is 6.92 Å². The molecule has 0 spiro atoms. The van der Waals surface area contributed by atoms with E-state index in [4.69, 9.17) is 4.74 Å². The number of aromatic nitrogens is 1. The number of anilines is 2. The van der Waals surface area contributed by atoms with Crippen molar-refractivity contribution in [3.8, 4) is 5.75 Å². The van der Waals surface area contributed by atoms with Gasteiger partial charge in [0.2, 0.25) is 0 Å². The fraction of sp³-hybridized carbons (Fsp3) is 0.0952. The number of benzene rings is 2. The summed E-state index contributed by atoms with van der Waals surface area (Å²) in [5.74, 6) is 0.236. The van der Waals surface area contributed by atoms with Gasteiger partial charge in [0.1, 0.15) is 5.75 Å². The lowest BCUT2D eigenvalue weighted by Crippen LogP contribution is -2.14. The standard InChI is InChI=1S/C21H18BrN3O3/c1-2-28-19-9-7-18(8-10-19)24-20(26)14-3-5-17(6-4-14)25-21(27)15-11-16(22)13-23-12-15/h3-13H,2H2,1H3,(H,24,26)(H,25,27). The van der Waals surface area contributed by atoms with Gasteiger partial charge in [-0.25, -0.2) is 0 Å². The average molecular weight is 440 g/mol. The number of hydrogen-bond donors (Lipinski definition) is 2. The molecule has 2 aromatic carbocycles. The van der Waals surface area contributed by atoms with Crippen LogP contribution in [0.25, 0.3) is 0 Å². The third kappa shape index (κ3) is 5.17. The zero-order valence-electron chi connectivity index (χ0n) is 15.1. The smallest absolute Gasteiger partial charge is 0.257 e. The third-order valence-electron chi connectivity index (χ3n) is 3.80. The normalized spacial score (nSPS) is 10.2. The molecular weight excluding hydrogens is 422 g/mol.